The number of ether oxygens (including phenoxy) is 1. The molecule has 0 heterocycles. The van der Waals surface area contributed by atoms with Gasteiger partial charge in [0.15, 0.2) is 6.29 Å². The normalized spacial score (nSPS) is 10.2. The number of likely N-dealkylation sites (N-methyl/N-ethyl adjacent to an activating group) is 1. The van der Waals surface area contributed by atoms with Crippen LogP contribution in [0.1, 0.15) is 10.4 Å². The molecule has 2 N–H and O–H groups in total. The molecule has 4 nitrogen and oxygen atoms in total. The van der Waals surface area contributed by atoms with Crippen LogP contribution < -0.4 is 15.4 Å². The molecule has 0 fully saturated rings. The van der Waals surface area contributed by atoms with Crippen molar-refractivity contribution < 1.29 is 9.53 Å². The lowest BCUT2D eigenvalue weighted by molar-refractivity contribution is 0.111. The summed E-state index contributed by atoms with van der Waals surface area (Å²) < 4.78 is 6.45. The monoisotopic (exact) mass is 300 g/mol. The molecule has 0 radical (unpaired) electrons. The number of aldehydes is 1. The Hall–Kier alpha value is -0.910. The number of rotatable bonds is 8. The summed E-state index contributed by atoms with van der Waals surface area (Å²) in [7, 11) is 1.91. The number of hydrogen-bond acceptors (Lipinski definition) is 4. The molecule has 0 aromatic heterocycles. The van der Waals surface area contributed by atoms with Crippen LogP contribution in [-0.2, 0) is 0 Å². The van der Waals surface area contributed by atoms with E-state index in [1.54, 1.807) is 12.1 Å². The van der Waals surface area contributed by atoms with E-state index >= 15 is 0 Å². The summed E-state index contributed by atoms with van der Waals surface area (Å²) in [4.78, 5) is 10.8. The van der Waals surface area contributed by atoms with Gasteiger partial charge in [0.1, 0.15) is 12.4 Å². The van der Waals surface area contributed by atoms with Gasteiger partial charge in [-0.3, -0.25) is 4.79 Å². The lowest BCUT2D eigenvalue weighted by Gasteiger charge is -2.09. The van der Waals surface area contributed by atoms with Gasteiger partial charge < -0.3 is 15.4 Å². The fourth-order valence-electron chi connectivity index (χ4n) is 1.30. The summed E-state index contributed by atoms with van der Waals surface area (Å²) in [6.07, 6.45) is 0.802. The van der Waals surface area contributed by atoms with E-state index in [-0.39, 0.29) is 0 Å². The second kappa shape index (κ2) is 8.22. The van der Waals surface area contributed by atoms with Crippen molar-refractivity contribution in [2.45, 2.75) is 0 Å². The largest absolute Gasteiger partial charge is 0.491 e. The summed E-state index contributed by atoms with van der Waals surface area (Å²) in [6, 6.07) is 5.36. The third kappa shape index (κ3) is 5.30. The first-order valence-corrected chi connectivity index (χ1v) is 6.30. The molecule has 0 aliphatic heterocycles. The van der Waals surface area contributed by atoms with Gasteiger partial charge in [0.2, 0.25) is 0 Å². The van der Waals surface area contributed by atoms with Gasteiger partial charge in [-0.2, -0.15) is 0 Å². The highest BCUT2D eigenvalue weighted by Gasteiger charge is 2.03. The maximum atomic E-state index is 10.8. The third-order valence-electron chi connectivity index (χ3n) is 2.19. The molecule has 0 saturated heterocycles. The molecular formula is C12H17BrN2O2. The Balaban J connectivity index is 2.35. The second-order valence-corrected chi connectivity index (χ2v) is 4.42. The maximum absolute atomic E-state index is 10.8. The minimum absolute atomic E-state index is 0.543. The number of carbonyl (C=O) groups is 1. The molecule has 0 unspecified atom stereocenters. The van der Waals surface area contributed by atoms with Crippen LogP contribution in [-0.4, -0.2) is 39.6 Å². The lowest BCUT2D eigenvalue weighted by Crippen LogP contribution is -2.28. The first-order valence-electron chi connectivity index (χ1n) is 5.50. The van der Waals surface area contributed by atoms with Crippen molar-refractivity contribution in [2.75, 3.05) is 33.3 Å². The molecule has 1 aromatic rings. The highest BCUT2D eigenvalue weighted by atomic mass is 79.9. The topological polar surface area (TPSA) is 50.4 Å². The van der Waals surface area contributed by atoms with Gasteiger partial charge >= 0.3 is 0 Å². The standard InChI is InChI=1S/C12H17BrN2O2/c1-14-4-5-15-6-7-17-12-8-11(13)3-2-10(12)9-16/h2-3,8-9,14-15H,4-7H2,1H3. The average molecular weight is 301 g/mol. The quantitative estimate of drug-likeness (QED) is 0.564. The third-order valence-corrected chi connectivity index (χ3v) is 2.68. The molecule has 0 spiro atoms. The summed E-state index contributed by atoms with van der Waals surface area (Å²) >= 11 is 3.35. The van der Waals surface area contributed by atoms with Crippen molar-refractivity contribution in [1.29, 1.82) is 0 Å². The predicted octanol–water partition coefficient (Wildman–Crippen LogP) is 1.45. The molecule has 0 aliphatic rings. The van der Waals surface area contributed by atoms with Gasteiger partial charge in [-0.15, -0.1) is 0 Å². The Bertz CT molecular complexity index is 358. The fraction of sp³-hybridized carbons (Fsp3) is 0.417. The molecule has 0 saturated carbocycles. The second-order valence-electron chi connectivity index (χ2n) is 3.50. The molecule has 1 aromatic carbocycles. The number of nitrogens with one attached hydrogen (secondary N) is 2. The van der Waals surface area contributed by atoms with Crippen LogP contribution in [0.3, 0.4) is 0 Å². The highest BCUT2D eigenvalue weighted by Crippen LogP contribution is 2.22. The van der Waals surface area contributed by atoms with Crippen LogP contribution in [0.25, 0.3) is 0 Å². The Morgan fingerprint density at radius 3 is 2.88 bits per heavy atom. The lowest BCUT2D eigenvalue weighted by atomic mass is 10.2. The molecule has 1 rings (SSSR count). The molecule has 94 valence electrons. The van der Waals surface area contributed by atoms with Crippen molar-refractivity contribution in [1.82, 2.24) is 10.6 Å². The van der Waals surface area contributed by atoms with Gasteiger partial charge in [-0.05, 0) is 25.2 Å². The van der Waals surface area contributed by atoms with E-state index in [1.807, 2.05) is 13.1 Å². The number of carbonyl (C=O) groups excluding carboxylic acids is 1. The molecule has 5 heteroatoms. The minimum Gasteiger partial charge on any atom is -0.491 e. The van der Waals surface area contributed by atoms with E-state index in [0.29, 0.717) is 17.9 Å². The summed E-state index contributed by atoms with van der Waals surface area (Å²) in [5.41, 5.74) is 0.573. The van der Waals surface area contributed by atoms with Gasteiger partial charge in [-0.25, -0.2) is 0 Å². The number of hydrogen-bond donors (Lipinski definition) is 2. The number of benzene rings is 1. The molecule has 0 bridgehead atoms. The summed E-state index contributed by atoms with van der Waals surface area (Å²) in [5.74, 6) is 0.616. The van der Waals surface area contributed by atoms with Crippen LogP contribution >= 0.6 is 15.9 Å². The van der Waals surface area contributed by atoms with Crippen LogP contribution in [0, 0.1) is 0 Å². The Kier molecular flexibility index (Phi) is 6.84. The van der Waals surface area contributed by atoms with Crippen molar-refractivity contribution >= 4 is 22.2 Å². The van der Waals surface area contributed by atoms with E-state index in [9.17, 15) is 4.79 Å². The smallest absolute Gasteiger partial charge is 0.153 e. The highest BCUT2D eigenvalue weighted by molar-refractivity contribution is 9.10. The Morgan fingerprint density at radius 2 is 2.18 bits per heavy atom. The zero-order valence-electron chi connectivity index (χ0n) is 9.83. The zero-order chi connectivity index (χ0) is 12.5. The zero-order valence-corrected chi connectivity index (χ0v) is 11.4. The minimum atomic E-state index is 0.543. The van der Waals surface area contributed by atoms with Gasteiger partial charge in [0.25, 0.3) is 0 Å². The van der Waals surface area contributed by atoms with Crippen molar-refractivity contribution in [3.8, 4) is 5.75 Å². The first kappa shape index (κ1) is 14.2. The van der Waals surface area contributed by atoms with E-state index in [2.05, 4.69) is 26.6 Å². The van der Waals surface area contributed by atoms with Crippen molar-refractivity contribution in [2.24, 2.45) is 0 Å². The van der Waals surface area contributed by atoms with E-state index in [0.717, 1.165) is 30.4 Å². The van der Waals surface area contributed by atoms with Gasteiger partial charge in [-0.1, -0.05) is 15.9 Å². The van der Waals surface area contributed by atoms with E-state index in [4.69, 9.17) is 4.74 Å². The molecule has 17 heavy (non-hydrogen) atoms. The SMILES string of the molecule is CNCCNCCOc1cc(Br)ccc1C=O. The molecule has 0 aliphatic carbocycles. The maximum Gasteiger partial charge on any atom is 0.153 e. The van der Waals surface area contributed by atoms with E-state index < -0.39 is 0 Å². The van der Waals surface area contributed by atoms with Crippen LogP contribution in [0.15, 0.2) is 22.7 Å². The molecule has 0 atom stereocenters. The van der Waals surface area contributed by atoms with Crippen LogP contribution in [0.5, 0.6) is 5.75 Å². The number of halogens is 1. The molecule has 0 amide bonds. The summed E-state index contributed by atoms with van der Waals surface area (Å²) in [6.45, 7) is 3.13. The fourth-order valence-corrected chi connectivity index (χ4v) is 1.64. The predicted molar refractivity (Wildman–Crippen MR) is 71.8 cm³/mol. The summed E-state index contributed by atoms with van der Waals surface area (Å²) in [5, 5.41) is 6.27. The van der Waals surface area contributed by atoms with Crippen LogP contribution in [0.4, 0.5) is 0 Å². The van der Waals surface area contributed by atoms with Crippen LogP contribution in [0.2, 0.25) is 0 Å². The van der Waals surface area contributed by atoms with Crippen molar-refractivity contribution in [3.05, 3.63) is 28.2 Å². The van der Waals surface area contributed by atoms with Gasteiger partial charge in [0, 0.05) is 24.1 Å². The Labute approximate surface area is 110 Å². The van der Waals surface area contributed by atoms with Gasteiger partial charge in [0.05, 0.1) is 5.56 Å². The Morgan fingerprint density at radius 1 is 1.35 bits per heavy atom. The average Bonchev–Trinajstić information content (AvgIpc) is 2.34. The first-order chi connectivity index (χ1) is 8.27. The van der Waals surface area contributed by atoms with Crippen molar-refractivity contribution in [3.63, 3.8) is 0 Å². The molecular weight excluding hydrogens is 284 g/mol. The van der Waals surface area contributed by atoms with E-state index in [1.165, 1.54) is 0 Å².